The molecule has 0 amide bonds. The van der Waals surface area contributed by atoms with Gasteiger partial charge in [0.2, 0.25) is 15.8 Å². The number of hydrogen-bond acceptors (Lipinski definition) is 8. The van der Waals surface area contributed by atoms with E-state index < -0.39 is 20.8 Å². The molecule has 12 heteroatoms. The number of benzene rings is 2. The third kappa shape index (κ3) is 5.31. The molecule has 202 valence electrons. The number of fused-ring (bicyclic) bond motifs is 1. The molecular formula is C26H29ClN4O6S. The molecule has 0 aliphatic carbocycles. The number of halogens is 1. The number of ether oxygens (including phenoxy) is 3. The Bertz CT molecular complexity index is 1490. The van der Waals surface area contributed by atoms with E-state index in [-0.39, 0.29) is 12.4 Å². The number of rotatable bonds is 7. The topological polar surface area (TPSA) is 103 Å². The number of hydrogen-bond donors (Lipinski definition) is 0. The maximum atomic E-state index is 13.7. The summed E-state index contributed by atoms with van der Waals surface area (Å²) in [4.78, 5) is 15.6. The summed E-state index contributed by atoms with van der Waals surface area (Å²) < 4.78 is 45.4. The zero-order valence-electron chi connectivity index (χ0n) is 21.2. The summed E-state index contributed by atoms with van der Waals surface area (Å²) >= 11 is 6.15. The molecule has 1 fully saturated rings. The largest absolute Gasteiger partial charge is 0.486 e. The van der Waals surface area contributed by atoms with Crippen LogP contribution in [-0.2, 0) is 16.6 Å². The second-order valence-electron chi connectivity index (χ2n) is 9.30. The highest BCUT2D eigenvalue weighted by molar-refractivity contribution is 7.89. The van der Waals surface area contributed by atoms with Crippen molar-refractivity contribution in [3.8, 4) is 22.9 Å². The van der Waals surface area contributed by atoms with Crippen molar-refractivity contribution >= 4 is 27.3 Å². The summed E-state index contributed by atoms with van der Waals surface area (Å²) in [5, 5.41) is 4.37. The minimum atomic E-state index is -3.37. The smallest absolute Gasteiger partial charge is 0.316 e. The Hall–Kier alpha value is -3.28. The fraction of sp³-hybridized carbons (Fsp3) is 0.385. The molecule has 0 N–H and O–H groups in total. The fourth-order valence-corrected chi connectivity index (χ4v) is 5.85. The Morgan fingerprint density at radius 2 is 1.76 bits per heavy atom. The summed E-state index contributed by atoms with van der Waals surface area (Å²) in [7, 11) is -3.37. The van der Waals surface area contributed by atoms with Gasteiger partial charge in [-0.25, -0.2) is 8.42 Å². The Balaban J connectivity index is 1.45. The standard InChI is InChI=1S/C26H29ClN4O6S/c1-18(2)38(33,34)30-10-8-29(9-11-30)22-16-28-31(21-5-3-4-20(27)15-21)26(32)25(22)37-17-19-6-7-23-24(14-19)36-13-12-35-23/h3-7,14-16,18H,8-13,17H2,1-2H3. The molecule has 3 heterocycles. The highest BCUT2D eigenvalue weighted by Gasteiger charge is 2.31. The molecule has 0 saturated carbocycles. The lowest BCUT2D eigenvalue weighted by molar-refractivity contribution is 0.171. The van der Waals surface area contributed by atoms with Gasteiger partial charge in [-0.2, -0.15) is 14.1 Å². The predicted octanol–water partition coefficient (Wildman–Crippen LogP) is 3.10. The van der Waals surface area contributed by atoms with Crippen molar-refractivity contribution in [1.29, 1.82) is 0 Å². The highest BCUT2D eigenvalue weighted by Crippen LogP contribution is 2.32. The first-order valence-corrected chi connectivity index (χ1v) is 14.3. The summed E-state index contributed by atoms with van der Waals surface area (Å²) in [6, 6.07) is 12.4. The van der Waals surface area contributed by atoms with Gasteiger partial charge in [-0.1, -0.05) is 23.7 Å². The molecule has 0 radical (unpaired) electrons. The highest BCUT2D eigenvalue weighted by atomic mass is 35.5. The van der Waals surface area contributed by atoms with Crippen molar-refractivity contribution in [3.05, 3.63) is 69.6 Å². The minimum Gasteiger partial charge on any atom is -0.486 e. The summed E-state index contributed by atoms with van der Waals surface area (Å²) in [5.74, 6) is 1.42. The number of aromatic nitrogens is 2. The van der Waals surface area contributed by atoms with Crippen LogP contribution in [0.5, 0.6) is 17.2 Å². The van der Waals surface area contributed by atoms with E-state index in [9.17, 15) is 13.2 Å². The van der Waals surface area contributed by atoms with Crippen LogP contribution in [0.15, 0.2) is 53.5 Å². The van der Waals surface area contributed by atoms with Crippen LogP contribution in [0, 0.1) is 0 Å². The van der Waals surface area contributed by atoms with Crippen LogP contribution < -0.4 is 24.7 Å². The molecule has 0 bridgehead atoms. The zero-order valence-corrected chi connectivity index (χ0v) is 22.7. The van der Waals surface area contributed by atoms with E-state index in [1.807, 2.05) is 23.1 Å². The van der Waals surface area contributed by atoms with Gasteiger partial charge in [-0.15, -0.1) is 0 Å². The molecule has 2 aliphatic rings. The SMILES string of the molecule is CC(C)S(=O)(=O)N1CCN(c2cnn(-c3cccc(Cl)c3)c(=O)c2OCc2ccc3c(c2)OCCO3)CC1. The number of anilines is 1. The normalized spacial score (nSPS) is 16.1. The average Bonchev–Trinajstić information content (AvgIpc) is 2.92. The Morgan fingerprint density at radius 3 is 2.47 bits per heavy atom. The molecule has 0 spiro atoms. The molecule has 38 heavy (non-hydrogen) atoms. The van der Waals surface area contributed by atoms with Crippen molar-refractivity contribution in [2.45, 2.75) is 25.7 Å². The fourth-order valence-electron chi connectivity index (χ4n) is 4.40. The summed E-state index contributed by atoms with van der Waals surface area (Å²) in [6.45, 7) is 5.82. The van der Waals surface area contributed by atoms with Crippen LogP contribution in [0.25, 0.3) is 5.69 Å². The third-order valence-corrected chi connectivity index (χ3v) is 9.00. The van der Waals surface area contributed by atoms with Crippen molar-refractivity contribution in [1.82, 2.24) is 14.1 Å². The van der Waals surface area contributed by atoms with Gasteiger partial charge in [-0.05, 0) is 49.7 Å². The number of piperazine rings is 1. The Labute approximate surface area is 226 Å². The summed E-state index contributed by atoms with van der Waals surface area (Å²) in [6.07, 6.45) is 1.58. The van der Waals surface area contributed by atoms with Gasteiger partial charge in [0.05, 0.1) is 17.1 Å². The number of sulfonamides is 1. The van der Waals surface area contributed by atoms with Crippen LogP contribution in [0.2, 0.25) is 5.02 Å². The maximum absolute atomic E-state index is 13.7. The molecule has 3 aromatic rings. The lowest BCUT2D eigenvalue weighted by atomic mass is 10.2. The zero-order chi connectivity index (χ0) is 26.9. The van der Waals surface area contributed by atoms with Gasteiger partial charge in [0.25, 0.3) is 0 Å². The van der Waals surface area contributed by atoms with Gasteiger partial charge in [-0.3, -0.25) is 4.79 Å². The first-order chi connectivity index (χ1) is 18.2. The average molecular weight is 561 g/mol. The first-order valence-electron chi connectivity index (χ1n) is 12.4. The molecule has 0 atom stereocenters. The second-order valence-corrected chi connectivity index (χ2v) is 12.2. The molecule has 1 aromatic heterocycles. The maximum Gasteiger partial charge on any atom is 0.316 e. The molecule has 2 aromatic carbocycles. The number of nitrogens with zero attached hydrogens (tertiary/aromatic N) is 4. The molecule has 2 aliphatic heterocycles. The molecule has 1 saturated heterocycles. The van der Waals surface area contributed by atoms with Crippen molar-refractivity contribution in [3.63, 3.8) is 0 Å². The lowest BCUT2D eigenvalue weighted by Gasteiger charge is -2.36. The van der Waals surface area contributed by atoms with E-state index in [1.165, 1.54) is 8.99 Å². The van der Waals surface area contributed by atoms with Crippen molar-refractivity contribution < 1.29 is 22.6 Å². The van der Waals surface area contributed by atoms with Crippen molar-refractivity contribution in [2.24, 2.45) is 0 Å². The van der Waals surface area contributed by atoms with Gasteiger partial charge in [0, 0.05) is 31.2 Å². The van der Waals surface area contributed by atoms with E-state index in [0.717, 1.165) is 5.56 Å². The second kappa shape index (κ2) is 10.8. The quantitative estimate of drug-likeness (QED) is 0.434. The third-order valence-electron chi connectivity index (χ3n) is 6.49. The van der Waals surface area contributed by atoms with Gasteiger partial charge >= 0.3 is 5.56 Å². The van der Waals surface area contributed by atoms with Crippen LogP contribution in [0.4, 0.5) is 5.69 Å². The van der Waals surface area contributed by atoms with E-state index >= 15 is 0 Å². The van der Waals surface area contributed by atoms with Crippen LogP contribution in [0.1, 0.15) is 19.4 Å². The van der Waals surface area contributed by atoms with Crippen LogP contribution in [0.3, 0.4) is 0 Å². The predicted molar refractivity (Wildman–Crippen MR) is 144 cm³/mol. The monoisotopic (exact) mass is 560 g/mol. The van der Waals surface area contributed by atoms with Gasteiger partial charge in [0.15, 0.2) is 11.5 Å². The lowest BCUT2D eigenvalue weighted by Crippen LogP contribution is -2.50. The molecule has 0 unspecified atom stereocenters. The minimum absolute atomic E-state index is 0.111. The molecule has 10 nitrogen and oxygen atoms in total. The van der Waals surface area contributed by atoms with E-state index in [4.69, 9.17) is 25.8 Å². The van der Waals surface area contributed by atoms with Crippen LogP contribution in [-0.4, -0.2) is 67.1 Å². The Morgan fingerprint density at radius 1 is 1.03 bits per heavy atom. The molecular weight excluding hydrogens is 532 g/mol. The van der Waals surface area contributed by atoms with E-state index in [1.54, 1.807) is 44.3 Å². The summed E-state index contributed by atoms with van der Waals surface area (Å²) in [5.41, 5.74) is 1.37. The van der Waals surface area contributed by atoms with Crippen LogP contribution >= 0.6 is 11.6 Å². The van der Waals surface area contributed by atoms with E-state index in [2.05, 4.69) is 5.10 Å². The van der Waals surface area contributed by atoms with Gasteiger partial charge < -0.3 is 19.1 Å². The van der Waals surface area contributed by atoms with Gasteiger partial charge in [0.1, 0.15) is 25.5 Å². The Kier molecular flexibility index (Phi) is 7.51. The van der Waals surface area contributed by atoms with Crippen molar-refractivity contribution in [2.75, 3.05) is 44.3 Å². The molecule has 5 rings (SSSR count). The van der Waals surface area contributed by atoms with E-state index in [0.29, 0.717) is 67.3 Å². The first kappa shape index (κ1) is 26.3.